The van der Waals surface area contributed by atoms with Gasteiger partial charge in [0.25, 0.3) is 0 Å². The van der Waals surface area contributed by atoms with Crippen molar-refractivity contribution in [3.05, 3.63) is 51.7 Å². The summed E-state index contributed by atoms with van der Waals surface area (Å²) in [7, 11) is 0. The van der Waals surface area contributed by atoms with Gasteiger partial charge in [-0.1, -0.05) is 23.7 Å². The topological polar surface area (TPSA) is 54.0 Å². The summed E-state index contributed by atoms with van der Waals surface area (Å²) in [5, 5.41) is 5.19. The summed E-state index contributed by atoms with van der Waals surface area (Å²) in [6.45, 7) is 0.339. The number of carbonyl (C=O) groups is 1. The third-order valence-electron chi connectivity index (χ3n) is 2.74. The third kappa shape index (κ3) is 5.11. The van der Waals surface area contributed by atoms with Crippen molar-refractivity contribution in [2.24, 2.45) is 0 Å². The van der Waals surface area contributed by atoms with Crippen LogP contribution in [0.25, 0.3) is 0 Å². The average Bonchev–Trinajstić information content (AvgIpc) is 2.48. The van der Waals surface area contributed by atoms with E-state index in [1.54, 1.807) is 18.2 Å². The number of halogens is 5. The van der Waals surface area contributed by atoms with Crippen molar-refractivity contribution in [3.63, 3.8) is 0 Å². The summed E-state index contributed by atoms with van der Waals surface area (Å²) in [6, 6.07) is 7.83. The fourth-order valence-corrected chi connectivity index (χ4v) is 2.14. The number of pyridine rings is 1. The lowest BCUT2D eigenvalue weighted by Crippen LogP contribution is -2.29. The zero-order chi connectivity index (χ0) is 17.0. The predicted molar refractivity (Wildman–Crippen MR) is 85.4 cm³/mol. The zero-order valence-electron chi connectivity index (χ0n) is 11.4. The van der Waals surface area contributed by atoms with Crippen LogP contribution in [0, 0.1) is 0 Å². The fraction of sp³-hybridized carbons (Fsp3) is 0.143. The normalized spacial score (nSPS) is 11.2. The van der Waals surface area contributed by atoms with Gasteiger partial charge in [-0.3, -0.25) is 4.79 Å². The van der Waals surface area contributed by atoms with Gasteiger partial charge < -0.3 is 10.6 Å². The van der Waals surface area contributed by atoms with E-state index in [0.717, 1.165) is 0 Å². The minimum absolute atomic E-state index is 0.0713. The molecule has 2 rings (SSSR count). The van der Waals surface area contributed by atoms with Crippen molar-refractivity contribution in [2.45, 2.75) is 12.7 Å². The summed E-state index contributed by atoms with van der Waals surface area (Å²) in [5.41, 5.74) is 1.45. The number of hydrogen-bond donors (Lipinski definition) is 2. The molecule has 0 aliphatic rings. The summed E-state index contributed by atoms with van der Waals surface area (Å²) in [4.78, 5) is 14.9. The molecule has 2 aromatic rings. The summed E-state index contributed by atoms with van der Waals surface area (Å²) >= 11 is 9.03. The van der Waals surface area contributed by atoms with Gasteiger partial charge >= 0.3 is 12.1 Å². The number of nitrogens with zero attached hydrogens (tertiary/aromatic N) is 1. The summed E-state index contributed by atoms with van der Waals surface area (Å²) in [5.74, 6) is -2.01. The van der Waals surface area contributed by atoms with E-state index < -0.39 is 12.1 Å². The number of nitrogens with one attached hydrogen (secondary N) is 2. The Morgan fingerprint density at radius 1 is 1.26 bits per heavy atom. The molecule has 0 bridgehead atoms. The number of alkyl halides is 3. The van der Waals surface area contributed by atoms with Crippen molar-refractivity contribution in [1.29, 1.82) is 0 Å². The van der Waals surface area contributed by atoms with Gasteiger partial charge in [-0.05, 0) is 39.7 Å². The molecule has 23 heavy (non-hydrogen) atoms. The highest BCUT2D eigenvalue weighted by Gasteiger charge is 2.38. The molecule has 0 saturated heterocycles. The van der Waals surface area contributed by atoms with Gasteiger partial charge in [0.1, 0.15) is 5.15 Å². The van der Waals surface area contributed by atoms with Crippen molar-refractivity contribution < 1.29 is 18.0 Å². The molecule has 4 nitrogen and oxygen atoms in total. The number of aromatic nitrogens is 1. The fourth-order valence-electron chi connectivity index (χ4n) is 1.68. The van der Waals surface area contributed by atoms with Crippen LogP contribution >= 0.6 is 27.5 Å². The smallest absolute Gasteiger partial charge is 0.380 e. The Kier molecular flexibility index (Phi) is 5.48. The molecule has 0 radical (unpaired) electrons. The van der Waals surface area contributed by atoms with Crippen LogP contribution in [-0.2, 0) is 11.3 Å². The Balaban J connectivity index is 2.02. The number of benzene rings is 1. The van der Waals surface area contributed by atoms with E-state index in [1.807, 2.05) is 5.32 Å². The molecular formula is C14H10BrClF3N3O. The Bertz CT molecular complexity index is 725. The van der Waals surface area contributed by atoms with E-state index >= 15 is 0 Å². The van der Waals surface area contributed by atoms with Crippen LogP contribution in [-0.4, -0.2) is 17.1 Å². The quantitative estimate of drug-likeness (QED) is 0.727. The molecule has 9 heteroatoms. The Hall–Kier alpha value is -1.80. The van der Waals surface area contributed by atoms with Crippen LogP contribution in [0.2, 0.25) is 5.15 Å². The monoisotopic (exact) mass is 407 g/mol. The molecule has 122 valence electrons. The van der Waals surface area contributed by atoms with Crippen LogP contribution in [0.5, 0.6) is 0 Å². The Morgan fingerprint density at radius 3 is 2.65 bits per heavy atom. The van der Waals surface area contributed by atoms with E-state index in [2.05, 4.69) is 26.2 Å². The van der Waals surface area contributed by atoms with E-state index in [-0.39, 0.29) is 5.69 Å². The molecule has 0 atom stereocenters. The summed E-state index contributed by atoms with van der Waals surface area (Å²) < 4.78 is 37.3. The van der Waals surface area contributed by atoms with Crippen LogP contribution in [0.1, 0.15) is 5.56 Å². The molecule has 1 aromatic heterocycles. The largest absolute Gasteiger partial charge is 0.471 e. The first-order chi connectivity index (χ1) is 10.8. The standard InChI is InChI=1S/C14H10BrClF3N3O/c15-11-5-10(7-21-12(11)16)20-6-8-2-1-3-9(4-8)22-13(23)14(17,18)19/h1-5,7,20H,6H2,(H,22,23). The van der Waals surface area contributed by atoms with Gasteiger partial charge in [0.2, 0.25) is 0 Å². The van der Waals surface area contributed by atoms with Gasteiger partial charge in [-0.25, -0.2) is 4.98 Å². The van der Waals surface area contributed by atoms with Crippen molar-refractivity contribution >= 4 is 44.8 Å². The number of carbonyl (C=O) groups excluding carboxylic acids is 1. The van der Waals surface area contributed by atoms with E-state index in [4.69, 9.17) is 11.6 Å². The molecule has 1 aromatic carbocycles. The molecular weight excluding hydrogens is 399 g/mol. The molecule has 0 aliphatic heterocycles. The molecule has 0 unspecified atom stereocenters. The van der Waals surface area contributed by atoms with Crippen LogP contribution < -0.4 is 10.6 Å². The lowest BCUT2D eigenvalue weighted by molar-refractivity contribution is -0.167. The maximum absolute atomic E-state index is 12.2. The van der Waals surface area contributed by atoms with Gasteiger partial charge in [-0.2, -0.15) is 13.2 Å². The lowest BCUT2D eigenvalue weighted by atomic mass is 10.2. The number of rotatable bonds is 4. The molecule has 0 saturated carbocycles. The SMILES string of the molecule is O=C(Nc1cccc(CNc2cnc(Cl)c(Br)c2)c1)C(F)(F)F. The number of amides is 1. The van der Waals surface area contributed by atoms with Gasteiger partial charge in [0, 0.05) is 12.2 Å². The Labute approximate surface area is 143 Å². The highest BCUT2D eigenvalue weighted by molar-refractivity contribution is 9.10. The van der Waals surface area contributed by atoms with Crippen molar-refractivity contribution in [3.8, 4) is 0 Å². The highest BCUT2D eigenvalue weighted by atomic mass is 79.9. The molecule has 0 spiro atoms. The first kappa shape index (κ1) is 17.6. The Morgan fingerprint density at radius 2 is 2.00 bits per heavy atom. The van der Waals surface area contributed by atoms with E-state index in [9.17, 15) is 18.0 Å². The second-order valence-electron chi connectivity index (χ2n) is 4.50. The average molecular weight is 409 g/mol. The third-order valence-corrected chi connectivity index (χ3v) is 3.87. The zero-order valence-corrected chi connectivity index (χ0v) is 13.8. The molecule has 2 N–H and O–H groups in total. The maximum Gasteiger partial charge on any atom is 0.471 e. The maximum atomic E-state index is 12.2. The predicted octanol–water partition coefficient (Wildman–Crippen LogP) is 4.61. The van der Waals surface area contributed by atoms with Crippen LogP contribution in [0.15, 0.2) is 41.0 Å². The molecule has 0 fully saturated rings. The second kappa shape index (κ2) is 7.18. The van der Waals surface area contributed by atoms with Gasteiger partial charge in [-0.15, -0.1) is 0 Å². The molecule has 1 heterocycles. The van der Waals surface area contributed by atoms with Gasteiger partial charge in [0.05, 0.1) is 16.4 Å². The lowest BCUT2D eigenvalue weighted by Gasteiger charge is -2.10. The molecule has 1 amide bonds. The van der Waals surface area contributed by atoms with Crippen LogP contribution in [0.3, 0.4) is 0 Å². The van der Waals surface area contributed by atoms with Crippen molar-refractivity contribution in [1.82, 2.24) is 4.98 Å². The van der Waals surface area contributed by atoms with E-state index in [0.29, 0.717) is 27.4 Å². The summed E-state index contributed by atoms with van der Waals surface area (Å²) in [6.07, 6.45) is -3.39. The van der Waals surface area contributed by atoms with E-state index in [1.165, 1.54) is 18.3 Å². The minimum Gasteiger partial charge on any atom is -0.380 e. The van der Waals surface area contributed by atoms with Crippen molar-refractivity contribution in [2.75, 3.05) is 10.6 Å². The molecule has 0 aliphatic carbocycles. The second-order valence-corrected chi connectivity index (χ2v) is 5.71. The van der Waals surface area contributed by atoms with Gasteiger partial charge in [0.15, 0.2) is 0 Å². The highest BCUT2D eigenvalue weighted by Crippen LogP contribution is 2.23. The number of anilines is 2. The first-order valence-electron chi connectivity index (χ1n) is 6.28. The number of hydrogen-bond acceptors (Lipinski definition) is 3. The van der Waals surface area contributed by atoms with Crippen LogP contribution in [0.4, 0.5) is 24.5 Å². The first-order valence-corrected chi connectivity index (χ1v) is 7.45. The minimum atomic E-state index is -4.92.